The first-order chi connectivity index (χ1) is 18.6. The molecule has 0 spiro atoms. The predicted octanol–water partition coefficient (Wildman–Crippen LogP) is 7.70. The Labute approximate surface area is 224 Å². The molecule has 6 heteroatoms. The standard InChI is InChI=1S/C32H34N2O4/c1-3-5-21-37-25-17-13-23(14-18-25)31(35)33-29-11-7-10-28-27(29)9-8-12-30(28)34-32(36)24-15-19-26(20-16-24)38-22-6-4-2/h7-20H,3-6,21-22H2,1-2H3,(H,33,35)(H,34,36). The first kappa shape index (κ1) is 26.7. The van der Waals surface area contributed by atoms with Gasteiger partial charge in [-0.3, -0.25) is 9.59 Å². The van der Waals surface area contributed by atoms with E-state index in [1.165, 1.54) is 0 Å². The van der Waals surface area contributed by atoms with Crippen LogP contribution in [0.4, 0.5) is 11.4 Å². The van der Waals surface area contributed by atoms with Crippen LogP contribution in [0.15, 0.2) is 84.9 Å². The third-order valence-electron chi connectivity index (χ3n) is 6.18. The van der Waals surface area contributed by atoms with Crippen molar-refractivity contribution in [3.05, 3.63) is 96.1 Å². The van der Waals surface area contributed by atoms with E-state index >= 15 is 0 Å². The van der Waals surface area contributed by atoms with E-state index in [4.69, 9.17) is 9.47 Å². The van der Waals surface area contributed by atoms with Crippen LogP contribution >= 0.6 is 0 Å². The monoisotopic (exact) mass is 510 g/mol. The maximum absolute atomic E-state index is 13.0. The lowest BCUT2D eigenvalue weighted by Gasteiger charge is -2.13. The number of ether oxygens (including phenoxy) is 2. The highest BCUT2D eigenvalue weighted by molar-refractivity contribution is 6.14. The lowest BCUT2D eigenvalue weighted by molar-refractivity contribution is 0.101. The van der Waals surface area contributed by atoms with E-state index in [1.807, 2.05) is 60.7 Å². The minimum atomic E-state index is -0.215. The third-order valence-corrected chi connectivity index (χ3v) is 6.18. The number of carbonyl (C=O) groups excluding carboxylic acids is 2. The zero-order chi connectivity index (χ0) is 26.7. The number of benzene rings is 4. The van der Waals surface area contributed by atoms with Gasteiger partial charge in [-0.25, -0.2) is 0 Å². The molecule has 0 aliphatic heterocycles. The van der Waals surface area contributed by atoms with Gasteiger partial charge in [-0.15, -0.1) is 0 Å². The molecule has 0 heterocycles. The summed E-state index contributed by atoms with van der Waals surface area (Å²) in [5.41, 5.74) is 2.41. The van der Waals surface area contributed by atoms with Crippen LogP contribution in [-0.4, -0.2) is 25.0 Å². The van der Waals surface area contributed by atoms with Crippen molar-refractivity contribution in [3.63, 3.8) is 0 Å². The number of anilines is 2. The molecule has 0 radical (unpaired) electrons. The van der Waals surface area contributed by atoms with Crippen molar-refractivity contribution in [2.75, 3.05) is 23.8 Å². The van der Waals surface area contributed by atoms with E-state index in [9.17, 15) is 9.59 Å². The summed E-state index contributed by atoms with van der Waals surface area (Å²) in [5.74, 6) is 1.07. The normalized spacial score (nSPS) is 10.7. The molecule has 0 saturated heterocycles. The zero-order valence-corrected chi connectivity index (χ0v) is 22.0. The SMILES string of the molecule is CCCCOc1ccc(C(=O)Nc2cccc3c(NC(=O)c4ccc(OCCCC)cc4)cccc23)cc1. The van der Waals surface area contributed by atoms with Crippen LogP contribution in [0, 0.1) is 0 Å². The molecule has 0 bridgehead atoms. The van der Waals surface area contributed by atoms with Crippen LogP contribution in [0.1, 0.15) is 60.2 Å². The smallest absolute Gasteiger partial charge is 0.255 e. The average Bonchev–Trinajstić information content (AvgIpc) is 2.94. The van der Waals surface area contributed by atoms with Crippen molar-refractivity contribution in [1.29, 1.82) is 0 Å². The van der Waals surface area contributed by atoms with E-state index in [0.717, 1.165) is 48.0 Å². The number of rotatable bonds is 12. The van der Waals surface area contributed by atoms with Crippen LogP contribution < -0.4 is 20.1 Å². The number of unbranched alkanes of at least 4 members (excludes halogenated alkanes) is 2. The molecule has 196 valence electrons. The van der Waals surface area contributed by atoms with Crippen LogP contribution in [0.3, 0.4) is 0 Å². The van der Waals surface area contributed by atoms with E-state index in [0.29, 0.717) is 35.7 Å². The number of hydrogen-bond acceptors (Lipinski definition) is 4. The van der Waals surface area contributed by atoms with Crippen molar-refractivity contribution in [1.82, 2.24) is 0 Å². The largest absolute Gasteiger partial charge is 0.494 e. The van der Waals surface area contributed by atoms with Gasteiger partial charge < -0.3 is 20.1 Å². The number of nitrogens with one attached hydrogen (secondary N) is 2. The molecule has 4 aromatic rings. The second-order valence-electron chi connectivity index (χ2n) is 9.07. The fraction of sp³-hybridized carbons (Fsp3) is 0.250. The van der Waals surface area contributed by atoms with Gasteiger partial charge in [0.1, 0.15) is 11.5 Å². The summed E-state index contributed by atoms with van der Waals surface area (Å²) in [4.78, 5) is 25.9. The van der Waals surface area contributed by atoms with E-state index < -0.39 is 0 Å². The summed E-state index contributed by atoms with van der Waals surface area (Å²) in [6.45, 7) is 5.56. The molecule has 0 aliphatic carbocycles. The molecule has 6 nitrogen and oxygen atoms in total. The molecule has 2 N–H and O–H groups in total. The molecule has 4 aromatic carbocycles. The molecule has 38 heavy (non-hydrogen) atoms. The molecule has 2 amide bonds. The fourth-order valence-corrected chi connectivity index (χ4v) is 3.99. The Balaban J connectivity index is 1.46. The first-order valence-corrected chi connectivity index (χ1v) is 13.2. The second-order valence-corrected chi connectivity index (χ2v) is 9.07. The summed E-state index contributed by atoms with van der Waals surface area (Å²) in [5, 5.41) is 7.67. The van der Waals surface area contributed by atoms with Crippen molar-refractivity contribution in [2.24, 2.45) is 0 Å². The lowest BCUT2D eigenvalue weighted by Crippen LogP contribution is -2.13. The summed E-state index contributed by atoms with van der Waals surface area (Å²) in [6, 6.07) is 25.5. The molecular formula is C32H34N2O4. The maximum Gasteiger partial charge on any atom is 0.255 e. The van der Waals surface area contributed by atoms with Crippen molar-refractivity contribution in [3.8, 4) is 11.5 Å². The quantitative estimate of drug-likeness (QED) is 0.191. The van der Waals surface area contributed by atoms with Gasteiger partial charge >= 0.3 is 0 Å². The zero-order valence-electron chi connectivity index (χ0n) is 22.0. The van der Waals surface area contributed by atoms with Gasteiger partial charge in [0, 0.05) is 33.3 Å². The van der Waals surface area contributed by atoms with Gasteiger partial charge in [0.25, 0.3) is 11.8 Å². The van der Waals surface area contributed by atoms with Crippen molar-refractivity contribution in [2.45, 2.75) is 39.5 Å². The topological polar surface area (TPSA) is 76.7 Å². The Bertz CT molecular complexity index is 1260. The highest BCUT2D eigenvalue weighted by atomic mass is 16.5. The van der Waals surface area contributed by atoms with Gasteiger partial charge in [0.2, 0.25) is 0 Å². The van der Waals surface area contributed by atoms with E-state index in [1.54, 1.807) is 24.3 Å². The number of carbonyl (C=O) groups is 2. The minimum absolute atomic E-state index is 0.215. The fourth-order valence-electron chi connectivity index (χ4n) is 3.99. The molecule has 0 aromatic heterocycles. The predicted molar refractivity (Wildman–Crippen MR) is 154 cm³/mol. The van der Waals surface area contributed by atoms with Crippen molar-refractivity contribution >= 4 is 34.0 Å². The Morgan fingerprint density at radius 1 is 0.579 bits per heavy atom. The van der Waals surface area contributed by atoms with Gasteiger partial charge in [0.05, 0.1) is 13.2 Å². The highest BCUT2D eigenvalue weighted by Crippen LogP contribution is 2.30. The Morgan fingerprint density at radius 2 is 0.974 bits per heavy atom. The van der Waals surface area contributed by atoms with Gasteiger partial charge in [-0.1, -0.05) is 51.0 Å². The number of hydrogen-bond donors (Lipinski definition) is 2. The summed E-state index contributed by atoms with van der Waals surface area (Å²) < 4.78 is 11.4. The number of amides is 2. The van der Waals surface area contributed by atoms with Gasteiger partial charge in [-0.05, 0) is 73.5 Å². The molecule has 0 aliphatic rings. The highest BCUT2D eigenvalue weighted by Gasteiger charge is 2.13. The third kappa shape index (κ3) is 6.91. The lowest BCUT2D eigenvalue weighted by atomic mass is 10.1. The van der Waals surface area contributed by atoms with Crippen LogP contribution in [0.5, 0.6) is 11.5 Å². The molecule has 0 saturated carbocycles. The molecule has 4 rings (SSSR count). The van der Waals surface area contributed by atoms with E-state index in [-0.39, 0.29) is 11.8 Å². The van der Waals surface area contributed by atoms with Crippen LogP contribution in [-0.2, 0) is 0 Å². The average molecular weight is 511 g/mol. The molecule has 0 atom stereocenters. The van der Waals surface area contributed by atoms with E-state index in [2.05, 4.69) is 24.5 Å². The van der Waals surface area contributed by atoms with Crippen molar-refractivity contribution < 1.29 is 19.1 Å². The van der Waals surface area contributed by atoms with Crippen LogP contribution in [0.2, 0.25) is 0 Å². The summed E-state index contributed by atoms with van der Waals surface area (Å²) in [6.07, 6.45) is 4.12. The van der Waals surface area contributed by atoms with Gasteiger partial charge in [0.15, 0.2) is 0 Å². The second kappa shape index (κ2) is 13.3. The Hall–Kier alpha value is -4.32. The maximum atomic E-state index is 13.0. The first-order valence-electron chi connectivity index (χ1n) is 13.2. The molecule has 0 unspecified atom stereocenters. The Kier molecular flexibility index (Phi) is 9.35. The molecular weight excluding hydrogens is 476 g/mol. The minimum Gasteiger partial charge on any atom is -0.494 e. The van der Waals surface area contributed by atoms with Crippen LogP contribution in [0.25, 0.3) is 10.8 Å². The summed E-state index contributed by atoms with van der Waals surface area (Å²) >= 11 is 0. The summed E-state index contributed by atoms with van der Waals surface area (Å²) in [7, 11) is 0. The van der Waals surface area contributed by atoms with Gasteiger partial charge in [-0.2, -0.15) is 0 Å². The Morgan fingerprint density at radius 3 is 1.34 bits per heavy atom. The number of fused-ring (bicyclic) bond motifs is 1. The molecule has 0 fully saturated rings.